The zero-order chi connectivity index (χ0) is 11.7. The Balaban J connectivity index is 0.000000265. The van der Waals surface area contributed by atoms with Crippen LogP contribution in [0.2, 0.25) is 0 Å². The SMILES string of the molecule is CC(C)(C)OC=O.NC1CCCNCC1. The van der Waals surface area contributed by atoms with Crippen molar-refractivity contribution >= 4 is 6.47 Å². The lowest BCUT2D eigenvalue weighted by atomic mass is 10.1. The van der Waals surface area contributed by atoms with Gasteiger partial charge < -0.3 is 15.8 Å². The van der Waals surface area contributed by atoms with Gasteiger partial charge in [-0.3, -0.25) is 4.79 Å². The van der Waals surface area contributed by atoms with Crippen molar-refractivity contribution in [3.63, 3.8) is 0 Å². The average molecular weight is 216 g/mol. The fourth-order valence-electron chi connectivity index (χ4n) is 1.19. The van der Waals surface area contributed by atoms with Crippen LogP contribution in [0.25, 0.3) is 0 Å². The second-order valence-corrected chi connectivity index (χ2v) is 4.77. The van der Waals surface area contributed by atoms with Crippen molar-refractivity contribution in [1.29, 1.82) is 0 Å². The Hall–Kier alpha value is -0.610. The molecule has 1 fully saturated rings. The molecule has 0 aromatic carbocycles. The van der Waals surface area contributed by atoms with E-state index in [9.17, 15) is 4.79 Å². The summed E-state index contributed by atoms with van der Waals surface area (Å²) in [5.74, 6) is 0. The third-order valence-electron chi connectivity index (χ3n) is 2.02. The number of nitrogens with two attached hydrogens (primary N) is 1. The first-order chi connectivity index (χ1) is 6.95. The molecular formula is C11H24N2O2. The van der Waals surface area contributed by atoms with Crippen LogP contribution in [0.5, 0.6) is 0 Å². The van der Waals surface area contributed by atoms with E-state index in [4.69, 9.17) is 5.73 Å². The van der Waals surface area contributed by atoms with E-state index < -0.39 is 0 Å². The van der Waals surface area contributed by atoms with Crippen molar-refractivity contribution in [2.24, 2.45) is 5.73 Å². The summed E-state index contributed by atoms with van der Waals surface area (Å²) in [5, 5.41) is 3.30. The summed E-state index contributed by atoms with van der Waals surface area (Å²) in [4.78, 5) is 9.60. The van der Waals surface area contributed by atoms with Gasteiger partial charge in [-0.15, -0.1) is 0 Å². The molecule has 1 aliphatic heterocycles. The third-order valence-corrected chi connectivity index (χ3v) is 2.02. The maximum atomic E-state index is 9.60. The van der Waals surface area contributed by atoms with E-state index >= 15 is 0 Å². The molecule has 0 saturated carbocycles. The summed E-state index contributed by atoms with van der Waals surface area (Å²) in [6.45, 7) is 8.19. The summed E-state index contributed by atoms with van der Waals surface area (Å²) in [6.07, 6.45) is 3.61. The van der Waals surface area contributed by atoms with Gasteiger partial charge in [0.15, 0.2) is 0 Å². The van der Waals surface area contributed by atoms with Crippen LogP contribution in [0, 0.1) is 0 Å². The van der Waals surface area contributed by atoms with Gasteiger partial charge in [0.1, 0.15) is 5.60 Å². The zero-order valence-corrected chi connectivity index (χ0v) is 10.1. The van der Waals surface area contributed by atoms with Crippen LogP contribution in [-0.2, 0) is 9.53 Å². The minimum absolute atomic E-state index is 0.318. The molecule has 1 heterocycles. The number of rotatable bonds is 1. The maximum absolute atomic E-state index is 9.60. The molecule has 90 valence electrons. The molecule has 15 heavy (non-hydrogen) atoms. The highest BCUT2D eigenvalue weighted by Gasteiger charge is 2.07. The van der Waals surface area contributed by atoms with Crippen molar-refractivity contribution < 1.29 is 9.53 Å². The second-order valence-electron chi connectivity index (χ2n) is 4.77. The molecule has 1 aliphatic rings. The minimum Gasteiger partial charge on any atom is -0.462 e. The van der Waals surface area contributed by atoms with Gasteiger partial charge in [0.2, 0.25) is 0 Å². The van der Waals surface area contributed by atoms with Gasteiger partial charge in [0.25, 0.3) is 6.47 Å². The van der Waals surface area contributed by atoms with Gasteiger partial charge in [0, 0.05) is 6.04 Å². The molecule has 0 aromatic rings. The second kappa shape index (κ2) is 7.65. The molecule has 3 N–H and O–H groups in total. The highest BCUT2D eigenvalue weighted by atomic mass is 16.5. The quantitative estimate of drug-likeness (QED) is 0.643. The zero-order valence-electron chi connectivity index (χ0n) is 10.1. The molecule has 1 unspecified atom stereocenters. The molecule has 1 atom stereocenters. The van der Waals surface area contributed by atoms with Crippen molar-refractivity contribution in [1.82, 2.24) is 5.32 Å². The number of carbonyl (C=O) groups is 1. The van der Waals surface area contributed by atoms with Gasteiger partial charge in [-0.05, 0) is 53.1 Å². The summed E-state index contributed by atoms with van der Waals surface area (Å²) in [6, 6.07) is 0.463. The number of carbonyl (C=O) groups excluding carboxylic acids is 1. The van der Waals surface area contributed by atoms with Crippen LogP contribution in [-0.4, -0.2) is 31.2 Å². The molecule has 4 heteroatoms. The van der Waals surface area contributed by atoms with E-state index in [2.05, 4.69) is 10.1 Å². The normalized spacial score (nSPS) is 22.0. The van der Waals surface area contributed by atoms with Crippen molar-refractivity contribution in [3.05, 3.63) is 0 Å². The Labute approximate surface area is 92.6 Å². The average Bonchev–Trinajstić information content (AvgIpc) is 2.31. The summed E-state index contributed by atoms with van der Waals surface area (Å²) >= 11 is 0. The lowest BCUT2D eigenvalue weighted by Crippen LogP contribution is -2.21. The van der Waals surface area contributed by atoms with Crippen LogP contribution in [0.15, 0.2) is 0 Å². The van der Waals surface area contributed by atoms with E-state index in [1.54, 1.807) is 0 Å². The Kier molecular flexibility index (Phi) is 7.34. The Morgan fingerprint density at radius 1 is 1.33 bits per heavy atom. The van der Waals surface area contributed by atoms with Gasteiger partial charge in [-0.1, -0.05) is 0 Å². The molecule has 4 nitrogen and oxygen atoms in total. The fraction of sp³-hybridized carbons (Fsp3) is 0.909. The molecule has 0 spiro atoms. The largest absolute Gasteiger partial charge is 0.462 e. The fourth-order valence-corrected chi connectivity index (χ4v) is 1.19. The van der Waals surface area contributed by atoms with Gasteiger partial charge in [-0.25, -0.2) is 0 Å². The van der Waals surface area contributed by atoms with Crippen LogP contribution < -0.4 is 11.1 Å². The molecule has 1 saturated heterocycles. The van der Waals surface area contributed by atoms with Crippen molar-refractivity contribution in [2.75, 3.05) is 13.1 Å². The van der Waals surface area contributed by atoms with E-state index in [0.29, 0.717) is 12.5 Å². The van der Waals surface area contributed by atoms with Crippen molar-refractivity contribution in [3.8, 4) is 0 Å². The molecule has 1 rings (SSSR count). The van der Waals surface area contributed by atoms with Crippen LogP contribution in [0.1, 0.15) is 40.0 Å². The van der Waals surface area contributed by atoms with E-state index in [1.807, 2.05) is 20.8 Å². The molecular weight excluding hydrogens is 192 g/mol. The Morgan fingerprint density at radius 2 is 2.00 bits per heavy atom. The molecule has 0 bridgehead atoms. The first kappa shape index (κ1) is 14.4. The smallest absolute Gasteiger partial charge is 0.293 e. The monoisotopic (exact) mass is 216 g/mol. The molecule has 0 aromatic heterocycles. The maximum Gasteiger partial charge on any atom is 0.293 e. The van der Waals surface area contributed by atoms with Gasteiger partial charge in [0.05, 0.1) is 0 Å². The highest BCUT2D eigenvalue weighted by molar-refractivity contribution is 5.37. The van der Waals surface area contributed by atoms with E-state index in [-0.39, 0.29) is 5.60 Å². The number of hydrogen-bond acceptors (Lipinski definition) is 4. The number of hydrogen-bond donors (Lipinski definition) is 2. The lowest BCUT2D eigenvalue weighted by molar-refractivity contribution is -0.138. The first-order valence-electron chi connectivity index (χ1n) is 5.53. The summed E-state index contributed by atoms with van der Waals surface area (Å²) in [7, 11) is 0. The van der Waals surface area contributed by atoms with Gasteiger partial charge >= 0.3 is 0 Å². The van der Waals surface area contributed by atoms with Crippen molar-refractivity contribution in [2.45, 2.75) is 51.7 Å². The first-order valence-corrected chi connectivity index (χ1v) is 5.53. The number of nitrogens with one attached hydrogen (secondary N) is 1. The van der Waals surface area contributed by atoms with Crippen LogP contribution in [0.3, 0.4) is 0 Å². The topological polar surface area (TPSA) is 64.3 Å². The Morgan fingerprint density at radius 3 is 2.47 bits per heavy atom. The van der Waals surface area contributed by atoms with Gasteiger partial charge in [-0.2, -0.15) is 0 Å². The van der Waals surface area contributed by atoms with Crippen LogP contribution in [0.4, 0.5) is 0 Å². The molecule has 0 radical (unpaired) electrons. The van der Waals surface area contributed by atoms with E-state index in [0.717, 1.165) is 19.5 Å². The third kappa shape index (κ3) is 11.3. The standard InChI is InChI=1S/C6H14N2.C5H10O2/c7-6-2-1-4-8-5-3-6;1-5(2,3)7-4-6/h6,8H,1-5,7H2;4H,1-3H3. The van der Waals surface area contributed by atoms with Crippen LogP contribution >= 0.6 is 0 Å². The number of ether oxygens (including phenoxy) is 1. The predicted molar refractivity (Wildman–Crippen MR) is 61.6 cm³/mol. The molecule has 0 amide bonds. The summed E-state index contributed by atoms with van der Waals surface area (Å²) < 4.78 is 4.55. The van der Waals surface area contributed by atoms with E-state index in [1.165, 1.54) is 12.8 Å². The predicted octanol–water partition coefficient (Wildman–Crippen LogP) is 1.05. The summed E-state index contributed by atoms with van der Waals surface area (Å²) in [5.41, 5.74) is 5.38. The Bertz CT molecular complexity index is 158. The highest BCUT2D eigenvalue weighted by Crippen LogP contribution is 2.02. The molecule has 0 aliphatic carbocycles. The lowest BCUT2D eigenvalue weighted by Gasteiger charge is -2.14. The minimum atomic E-state index is -0.318.